The number of nitrogens with zero attached hydrogens (tertiary/aromatic N) is 1. The van der Waals surface area contributed by atoms with Crippen molar-refractivity contribution < 1.29 is 14.7 Å². The molecule has 1 amide bonds. The lowest BCUT2D eigenvalue weighted by atomic mass is 9.90. The van der Waals surface area contributed by atoms with Gasteiger partial charge in [-0.3, -0.25) is 9.59 Å². The van der Waals surface area contributed by atoms with Gasteiger partial charge in [0.2, 0.25) is 5.91 Å². The fourth-order valence-electron chi connectivity index (χ4n) is 2.42. The Morgan fingerprint density at radius 1 is 1.45 bits per heavy atom. The molecule has 1 aromatic rings. The van der Waals surface area contributed by atoms with Crippen molar-refractivity contribution in [1.82, 2.24) is 10.2 Å². The van der Waals surface area contributed by atoms with Crippen LogP contribution in [0, 0.1) is 12.3 Å². The summed E-state index contributed by atoms with van der Waals surface area (Å²) in [5.74, 6) is 0.647. The van der Waals surface area contributed by atoms with Crippen molar-refractivity contribution in [2.45, 2.75) is 12.5 Å². The zero-order valence-electron chi connectivity index (χ0n) is 11.0. The molecule has 1 aromatic carbocycles. The van der Waals surface area contributed by atoms with Crippen molar-refractivity contribution in [3.63, 3.8) is 0 Å². The van der Waals surface area contributed by atoms with Gasteiger partial charge in [0.25, 0.3) is 0 Å². The summed E-state index contributed by atoms with van der Waals surface area (Å²) in [6, 6.07) is 7.68. The summed E-state index contributed by atoms with van der Waals surface area (Å²) in [6.07, 6.45) is 5.21. The molecule has 0 spiro atoms. The average Bonchev–Trinajstić information content (AvgIpc) is 2.45. The van der Waals surface area contributed by atoms with Gasteiger partial charge in [0.1, 0.15) is 6.54 Å². The Bertz CT molecular complexity index is 562. The molecule has 0 aliphatic carbocycles. The van der Waals surface area contributed by atoms with E-state index in [4.69, 9.17) is 11.5 Å². The molecule has 5 nitrogen and oxygen atoms in total. The normalized spacial score (nSPS) is 16.9. The minimum absolute atomic E-state index is 0.00377. The summed E-state index contributed by atoms with van der Waals surface area (Å²) in [6.45, 7) is 0.843. The van der Waals surface area contributed by atoms with Crippen LogP contribution in [-0.4, -0.2) is 41.5 Å². The number of benzene rings is 1. The van der Waals surface area contributed by atoms with Gasteiger partial charge in [-0.05, 0) is 11.1 Å². The molecular weight excluding hydrogens is 256 g/mol. The van der Waals surface area contributed by atoms with Crippen molar-refractivity contribution in [3.8, 4) is 12.3 Å². The molecule has 20 heavy (non-hydrogen) atoms. The predicted molar refractivity (Wildman–Crippen MR) is 73.9 cm³/mol. The molecule has 0 aromatic heterocycles. The van der Waals surface area contributed by atoms with Gasteiger partial charge in [0.15, 0.2) is 0 Å². The summed E-state index contributed by atoms with van der Waals surface area (Å²) in [5, 5.41) is 12.1. The maximum Gasteiger partial charge on any atom is 0.323 e. The van der Waals surface area contributed by atoms with E-state index in [0.717, 1.165) is 11.1 Å². The lowest BCUT2D eigenvalue weighted by Crippen LogP contribution is -2.43. The minimum atomic E-state index is -1.06. The lowest BCUT2D eigenvalue weighted by molar-refractivity contribution is -0.144. The van der Waals surface area contributed by atoms with Gasteiger partial charge in [0.05, 0.1) is 12.5 Å². The maximum absolute atomic E-state index is 12.5. The van der Waals surface area contributed by atoms with Crippen molar-refractivity contribution in [1.29, 1.82) is 0 Å². The molecule has 0 fully saturated rings. The van der Waals surface area contributed by atoms with Gasteiger partial charge in [-0.25, -0.2) is 0 Å². The van der Waals surface area contributed by atoms with Crippen LogP contribution in [-0.2, 0) is 16.1 Å². The first kappa shape index (κ1) is 14.1. The first-order valence-electron chi connectivity index (χ1n) is 6.36. The number of nitrogens with one attached hydrogen (secondary N) is 1. The molecular formula is C15H16N2O3. The minimum Gasteiger partial charge on any atom is -0.480 e. The van der Waals surface area contributed by atoms with Gasteiger partial charge >= 0.3 is 5.97 Å². The Morgan fingerprint density at radius 3 is 2.90 bits per heavy atom. The highest BCUT2D eigenvalue weighted by atomic mass is 16.4. The van der Waals surface area contributed by atoms with Crippen molar-refractivity contribution >= 4 is 11.9 Å². The molecule has 1 aliphatic rings. The van der Waals surface area contributed by atoms with E-state index in [0.29, 0.717) is 13.1 Å². The van der Waals surface area contributed by atoms with Gasteiger partial charge in [-0.2, -0.15) is 0 Å². The molecule has 2 N–H and O–H groups in total. The van der Waals surface area contributed by atoms with Crippen LogP contribution in [0.4, 0.5) is 0 Å². The fourth-order valence-corrected chi connectivity index (χ4v) is 2.42. The first-order valence-corrected chi connectivity index (χ1v) is 6.36. The number of carboxylic acids is 1. The quantitative estimate of drug-likeness (QED) is 0.779. The second kappa shape index (κ2) is 6.22. The largest absolute Gasteiger partial charge is 0.480 e. The average molecular weight is 272 g/mol. The number of carbonyl (C=O) groups is 2. The topological polar surface area (TPSA) is 69.6 Å². The van der Waals surface area contributed by atoms with Gasteiger partial charge in [-0.15, -0.1) is 6.42 Å². The zero-order valence-corrected chi connectivity index (χ0v) is 11.0. The van der Waals surface area contributed by atoms with E-state index in [-0.39, 0.29) is 24.9 Å². The predicted octanol–water partition coefficient (Wildman–Crippen LogP) is 0.420. The second-order valence-electron chi connectivity index (χ2n) is 4.67. The van der Waals surface area contributed by atoms with E-state index in [2.05, 4.69) is 11.2 Å². The molecule has 5 heteroatoms. The highest BCUT2D eigenvalue weighted by Gasteiger charge is 2.30. The summed E-state index contributed by atoms with van der Waals surface area (Å²) in [4.78, 5) is 24.6. The van der Waals surface area contributed by atoms with Crippen molar-refractivity contribution in [2.24, 2.45) is 0 Å². The van der Waals surface area contributed by atoms with Crippen molar-refractivity contribution in [3.05, 3.63) is 35.4 Å². The van der Waals surface area contributed by atoms with Crippen LogP contribution < -0.4 is 5.32 Å². The number of hydrogen-bond donors (Lipinski definition) is 2. The van der Waals surface area contributed by atoms with Crippen molar-refractivity contribution in [2.75, 3.05) is 19.6 Å². The third-order valence-electron chi connectivity index (χ3n) is 3.31. The number of carboxylic acid groups (broad SMARTS) is 1. The lowest BCUT2D eigenvalue weighted by Gasteiger charge is -2.29. The highest BCUT2D eigenvalue weighted by molar-refractivity contribution is 5.87. The smallest absolute Gasteiger partial charge is 0.323 e. The maximum atomic E-state index is 12.5. The van der Waals surface area contributed by atoms with Crippen LogP contribution >= 0.6 is 0 Å². The van der Waals surface area contributed by atoms with Crippen LogP contribution in [0.5, 0.6) is 0 Å². The number of carbonyl (C=O) groups excluding carboxylic acids is 1. The second-order valence-corrected chi connectivity index (χ2v) is 4.67. The summed E-state index contributed by atoms with van der Waals surface area (Å²) < 4.78 is 0. The standard InChI is InChI=1S/C15H16N2O3/c1-2-7-17(10-14(18)19)15(20)13-9-16-8-11-5-3-4-6-12(11)13/h1,3-6,13,16H,7-10H2,(H,18,19). The molecule has 1 unspecified atom stereocenters. The van der Waals surface area contributed by atoms with Crippen LogP contribution in [0.3, 0.4) is 0 Å². The molecule has 0 bridgehead atoms. The van der Waals surface area contributed by atoms with E-state index < -0.39 is 5.97 Å². The third-order valence-corrected chi connectivity index (χ3v) is 3.31. The first-order chi connectivity index (χ1) is 9.63. The molecule has 0 saturated heterocycles. The Labute approximate surface area is 117 Å². The molecule has 1 aliphatic heterocycles. The van der Waals surface area contributed by atoms with E-state index in [9.17, 15) is 9.59 Å². The zero-order chi connectivity index (χ0) is 14.5. The molecule has 104 valence electrons. The summed E-state index contributed by atoms with van der Waals surface area (Å²) in [5.41, 5.74) is 2.01. The Balaban J connectivity index is 2.24. The molecule has 1 heterocycles. The molecule has 0 radical (unpaired) electrons. The highest BCUT2D eigenvalue weighted by Crippen LogP contribution is 2.25. The SMILES string of the molecule is C#CCN(CC(=O)O)C(=O)C1CNCc2ccccc21. The number of fused-ring (bicyclic) bond motifs is 1. The monoisotopic (exact) mass is 272 g/mol. The Morgan fingerprint density at radius 2 is 2.20 bits per heavy atom. The Hall–Kier alpha value is -2.32. The fraction of sp³-hybridized carbons (Fsp3) is 0.333. The van der Waals surface area contributed by atoms with E-state index in [1.807, 2.05) is 24.3 Å². The van der Waals surface area contributed by atoms with Gasteiger partial charge in [-0.1, -0.05) is 30.2 Å². The number of terminal acetylenes is 1. The molecule has 2 rings (SSSR count). The Kier molecular flexibility index (Phi) is 4.38. The van der Waals surface area contributed by atoms with E-state index in [1.165, 1.54) is 4.90 Å². The van der Waals surface area contributed by atoms with E-state index in [1.54, 1.807) is 0 Å². The van der Waals surface area contributed by atoms with Crippen LogP contribution in [0.25, 0.3) is 0 Å². The van der Waals surface area contributed by atoms with Crippen LogP contribution in [0.2, 0.25) is 0 Å². The van der Waals surface area contributed by atoms with E-state index >= 15 is 0 Å². The third kappa shape index (κ3) is 2.98. The summed E-state index contributed by atoms with van der Waals surface area (Å²) >= 11 is 0. The number of amides is 1. The van der Waals surface area contributed by atoms with Crippen LogP contribution in [0.1, 0.15) is 17.0 Å². The molecule has 1 atom stereocenters. The van der Waals surface area contributed by atoms with Crippen LogP contribution in [0.15, 0.2) is 24.3 Å². The number of rotatable bonds is 4. The number of hydrogen-bond acceptors (Lipinski definition) is 3. The summed E-state index contributed by atoms with van der Waals surface area (Å²) in [7, 11) is 0. The number of aliphatic carboxylic acids is 1. The van der Waals surface area contributed by atoms with Gasteiger partial charge in [0, 0.05) is 13.1 Å². The van der Waals surface area contributed by atoms with Gasteiger partial charge < -0.3 is 15.3 Å². The molecule has 0 saturated carbocycles.